The van der Waals surface area contributed by atoms with Gasteiger partial charge in [0.15, 0.2) is 10.8 Å². The van der Waals surface area contributed by atoms with E-state index in [0.717, 1.165) is 11.3 Å². The van der Waals surface area contributed by atoms with Crippen LogP contribution in [0.5, 0.6) is 5.75 Å². The predicted octanol–water partition coefficient (Wildman–Crippen LogP) is 3.50. The van der Waals surface area contributed by atoms with E-state index in [2.05, 4.69) is 14.4 Å². The number of para-hydroxylation sites is 2. The Morgan fingerprint density at radius 3 is 2.48 bits per heavy atom. The molecule has 126 valence electrons. The van der Waals surface area contributed by atoms with Crippen molar-refractivity contribution >= 4 is 27.0 Å². The van der Waals surface area contributed by atoms with Crippen molar-refractivity contribution in [3.63, 3.8) is 0 Å². The van der Waals surface area contributed by atoms with Gasteiger partial charge in [-0.3, -0.25) is 4.72 Å². The van der Waals surface area contributed by atoms with Crippen LogP contribution in [0.15, 0.2) is 28.5 Å². The lowest BCUT2D eigenvalue weighted by atomic mass is 10.3. The molecule has 0 saturated carbocycles. The van der Waals surface area contributed by atoms with Crippen LogP contribution in [-0.4, -0.2) is 26.2 Å². The van der Waals surface area contributed by atoms with E-state index >= 15 is 0 Å². The molecule has 0 amide bonds. The van der Waals surface area contributed by atoms with Crippen LogP contribution in [0.4, 0.5) is 18.9 Å². The highest BCUT2D eigenvalue weighted by Crippen LogP contribution is 2.30. The second-order valence-corrected chi connectivity index (χ2v) is 7.69. The normalized spacial score (nSPS) is 12.2. The molecule has 0 radical (unpaired) electrons. The predicted molar refractivity (Wildman–Crippen MR) is 80.4 cm³/mol. The first-order valence-corrected chi connectivity index (χ1v) is 8.64. The summed E-state index contributed by atoms with van der Waals surface area (Å²) in [5.41, 5.74) is 0.260. The van der Waals surface area contributed by atoms with E-state index in [0.29, 0.717) is 10.7 Å². The molecule has 2 rings (SSSR count). The highest BCUT2D eigenvalue weighted by Gasteiger charge is 2.29. The summed E-state index contributed by atoms with van der Waals surface area (Å²) in [4.78, 5) is 4.03. The van der Waals surface area contributed by atoms with Crippen LogP contribution in [0, 0.1) is 13.8 Å². The lowest BCUT2D eigenvalue weighted by Crippen LogP contribution is -2.20. The highest BCUT2D eigenvalue weighted by molar-refractivity contribution is 7.94. The molecule has 0 unspecified atom stereocenters. The van der Waals surface area contributed by atoms with E-state index in [1.165, 1.54) is 24.3 Å². The van der Waals surface area contributed by atoms with Gasteiger partial charge in [0, 0.05) is 0 Å². The summed E-state index contributed by atoms with van der Waals surface area (Å²) >= 11 is 0.982. The zero-order valence-corrected chi connectivity index (χ0v) is 13.8. The van der Waals surface area contributed by atoms with E-state index < -0.39 is 22.8 Å². The Morgan fingerprint density at radius 2 is 1.91 bits per heavy atom. The number of halogens is 3. The van der Waals surface area contributed by atoms with E-state index in [4.69, 9.17) is 0 Å². The summed E-state index contributed by atoms with van der Waals surface area (Å²) in [6.45, 7) is 1.70. The third-order valence-electron chi connectivity index (χ3n) is 2.63. The van der Waals surface area contributed by atoms with Gasteiger partial charge in [-0.15, -0.1) is 11.3 Å². The molecule has 1 aromatic carbocycles. The standard InChI is InChI=1S/C13H13F3N2O3S2/c1-8-12(22-9(2)17-8)23(19,20)18-10-5-3-4-6-11(10)21-7-13(14,15)16/h3-6,18H,7H2,1-2H3. The van der Waals surface area contributed by atoms with Crippen LogP contribution in [-0.2, 0) is 10.0 Å². The maximum atomic E-state index is 12.4. The molecule has 5 nitrogen and oxygen atoms in total. The maximum absolute atomic E-state index is 12.4. The Kier molecular flexibility index (Phi) is 4.85. The number of ether oxygens (including phenoxy) is 1. The number of hydrogen-bond donors (Lipinski definition) is 1. The fraction of sp³-hybridized carbons (Fsp3) is 0.308. The van der Waals surface area contributed by atoms with Crippen LogP contribution >= 0.6 is 11.3 Å². The van der Waals surface area contributed by atoms with Gasteiger partial charge in [0.1, 0.15) is 5.75 Å². The van der Waals surface area contributed by atoms with E-state index in [9.17, 15) is 21.6 Å². The van der Waals surface area contributed by atoms with Crippen LogP contribution in [0.3, 0.4) is 0 Å². The Hall–Kier alpha value is -1.81. The van der Waals surface area contributed by atoms with Gasteiger partial charge >= 0.3 is 6.18 Å². The van der Waals surface area contributed by atoms with Gasteiger partial charge in [0.2, 0.25) is 0 Å². The van der Waals surface area contributed by atoms with Crippen molar-refractivity contribution in [1.29, 1.82) is 0 Å². The van der Waals surface area contributed by atoms with Crippen molar-refractivity contribution in [1.82, 2.24) is 4.98 Å². The number of alkyl halides is 3. The van der Waals surface area contributed by atoms with Crippen molar-refractivity contribution < 1.29 is 26.3 Å². The molecule has 0 fully saturated rings. The van der Waals surface area contributed by atoms with Crippen molar-refractivity contribution in [2.24, 2.45) is 0 Å². The number of hydrogen-bond acceptors (Lipinski definition) is 5. The van der Waals surface area contributed by atoms with Crippen LogP contribution in [0.2, 0.25) is 0 Å². The molecule has 23 heavy (non-hydrogen) atoms. The monoisotopic (exact) mass is 366 g/mol. The number of aromatic nitrogens is 1. The van der Waals surface area contributed by atoms with Crippen LogP contribution in [0.25, 0.3) is 0 Å². The van der Waals surface area contributed by atoms with Crippen molar-refractivity contribution in [3.8, 4) is 5.75 Å². The lowest BCUT2D eigenvalue weighted by molar-refractivity contribution is -0.153. The molecule has 2 aromatic rings. The molecule has 10 heteroatoms. The second kappa shape index (κ2) is 6.36. The van der Waals surface area contributed by atoms with Gasteiger partial charge in [-0.2, -0.15) is 13.2 Å². The van der Waals surface area contributed by atoms with Crippen LogP contribution in [0.1, 0.15) is 10.7 Å². The second-order valence-electron chi connectivity index (χ2n) is 4.61. The largest absolute Gasteiger partial charge is 0.482 e. The maximum Gasteiger partial charge on any atom is 0.422 e. The Labute approximate surface area is 135 Å². The van der Waals surface area contributed by atoms with E-state index in [1.807, 2.05) is 0 Å². The molecular weight excluding hydrogens is 353 g/mol. The Bertz CT molecular complexity index is 801. The molecule has 0 bridgehead atoms. The Morgan fingerprint density at radius 1 is 1.26 bits per heavy atom. The van der Waals surface area contributed by atoms with Crippen molar-refractivity contribution in [2.75, 3.05) is 11.3 Å². The zero-order valence-electron chi connectivity index (χ0n) is 12.1. The smallest absolute Gasteiger partial charge is 0.422 e. The van der Waals surface area contributed by atoms with Gasteiger partial charge in [-0.1, -0.05) is 12.1 Å². The summed E-state index contributed by atoms with van der Waals surface area (Å²) in [5, 5.41) is 0.574. The number of benzene rings is 1. The number of thiazole rings is 1. The third kappa shape index (κ3) is 4.58. The van der Waals surface area contributed by atoms with Crippen LogP contribution < -0.4 is 9.46 Å². The molecule has 1 heterocycles. The summed E-state index contributed by atoms with van der Waals surface area (Å²) < 4.78 is 68.4. The first kappa shape index (κ1) is 17.5. The van der Waals surface area contributed by atoms with Crippen molar-refractivity contribution in [2.45, 2.75) is 24.2 Å². The summed E-state index contributed by atoms with van der Waals surface area (Å²) in [6, 6.07) is 5.52. The third-order valence-corrected chi connectivity index (χ3v) is 5.68. The summed E-state index contributed by atoms with van der Waals surface area (Å²) in [7, 11) is -3.95. The minimum absolute atomic E-state index is 0.0145. The fourth-order valence-corrected chi connectivity index (χ4v) is 4.34. The topological polar surface area (TPSA) is 68.3 Å². The molecule has 0 saturated heterocycles. The average molecular weight is 366 g/mol. The zero-order chi connectivity index (χ0) is 17.3. The summed E-state index contributed by atoms with van der Waals surface area (Å²) in [6.07, 6.45) is -4.52. The number of aryl methyl sites for hydroxylation is 2. The molecule has 0 aliphatic carbocycles. The first-order valence-electron chi connectivity index (χ1n) is 6.34. The minimum Gasteiger partial charge on any atom is -0.482 e. The molecule has 0 aliphatic rings. The Balaban J connectivity index is 2.28. The van der Waals surface area contributed by atoms with Crippen molar-refractivity contribution in [3.05, 3.63) is 35.0 Å². The highest BCUT2D eigenvalue weighted by atomic mass is 32.2. The molecule has 0 spiro atoms. The lowest BCUT2D eigenvalue weighted by Gasteiger charge is -2.14. The molecule has 0 atom stereocenters. The molecule has 1 aromatic heterocycles. The van der Waals surface area contributed by atoms with E-state index in [-0.39, 0.29) is 15.6 Å². The number of sulfonamides is 1. The number of nitrogens with zero attached hydrogens (tertiary/aromatic N) is 1. The van der Waals surface area contributed by atoms with Gasteiger partial charge in [-0.05, 0) is 26.0 Å². The van der Waals surface area contributed by atoms with Gasteiger partial charge in [0.05, 0.1) is 16.4 Å². The number of nitrogens with one attached hydrogen (secondary N) is 1. The molecule has 1 N–H and O–H groups in total. The van der Waals surface area contributed by atoms with Gasteiger partial charge in [-0.25, -0.2) is 13.4 Å². The summed E-state index contributed by atoms with van der Waals surface area (Å²) in [5.74, 6) is -0.202. The SMILES string of the molecule is Cc1nc(C)c(S(=O)(=O)Nc2ccccc2OCC(F)(F)F)s1. The fourth-order valence-electron chi connectivity index (χ4n) is 1.79. The molecule has 0 aliphatic heterocycles. The van der Waals surface area contributed by atoms with E-state index in [1.54, 1.807) is 13.8 Å². The first-order chi connectivity index (χ1) is 10.6. The quantitative estimate of drug-likeness (QED) is 0.879. The van der Waals surface area contributed by atoms with Gasteiger partial charge in [0.25, 0.3) is 10.0 Å². The number of anilines is 1. The minimum atomic E-state index is -4.52. The molecular formula is C13H13F3N2O3S2. The number of rotatable bonds is 5. The van der Waals surface area contributed by atoms with Gasteiger partial charge < -0.3 is 4.74 Å². The average Bonchev–Trinajstić information content (AvgIpc) is 2.76.